The Labute approximate surface area is 145 Å². The summed E-state index contributed by atoms with van der Waals surface area (Å²) in [4.78, 5) is 34.2. The summed E-state index contributed by atoms with van der Waals surface area (Å²) in [5.74, 6) is -1.21. The Bertz CT molecular complexity index is 752. The maximum absolute atomic E-state index is 12.1. The molecule has 0 unspecified atom stereocenters. The third-order valence-electron chi connectivity index (χ3n) is 3.68. The summed E-state index contributed by atoms with van der Waals surface area (Å²) < 4.78 is 0. The molecule has 130 valence electrons. The molecule has 2 aromatic carbocycles. The molecule has 0 bridgehead atoms. The first-order valence-corrected chi connectivity index (χ1v) is 7.95. The smallest absolute Gasteiger partial charge is 0.335 e. The predicted molar refractivity (Wildman–Crippen MR) is 93.2 cm³/mol. The van der Waals surface area contributed by atoms with Crippen LogP contribution in [0.15, 0.2) is 48.5 Å². The van der Waals surface area contributed by atoms with Crippen LogP contribution in [0, 0.1) is 0 Å². The molecular weight excluding hydrogens is 320 g/mol. The molecule has 2 rings (SSSR count). The average molecular weight is 340 g/mol. The molecule has 3 N–H and O–H groups in total. The molecule has 2 amide bonds. The Morgan fingerprint density at radius 2 is 1.28 bits per heavy atom. The third-order valence-corrected chi connectivity index (χ3v) is 3.68. The van der Waals surface area contributed by atoms with E-state index in [1.54, 1.807) is 43.3 Å². The van der Waals surface area contributed by atoms with Crippen LogP contribution in [0.1, 0.15) is 45.2 Å². The second-order valence-corrected chi connectivity index (χ2v) is 5.51. The lowest BCUT2D eigenvalue weighted by Gasteiger charge is -2.07. The molecule has 0 saturated heterocycles. The van der Waals surface area contributed by atoms with Crippen LogP contribution < -0.4 is 10.6 Å². The average Bonchev–Trinajstić information content (AvgIpc) is 2.64. The zero-order chi connectivity index (χ0) is 18.2. The fraction of sp³-hybridized carbons (Fsp3) is 0.211. The molecule has 0 spiro atoms. The van der Waals surface area contributed by atoms with E-state index in [1.165, 1.54) is 12.1 Å². The zero-order valence-electron chi connectivity index (χ0n) is 13.9. The van der Waals surface area contributed by atoms with Crippen molar-refractivity contribution in [2.45, 2.75) is 26.4 Å². The van der Waals surface area contributed by atoms with E-state index in [4.69, 9.17) is 5.11 Å². The first-order valence-electron chi connectivity index (χ1n) is 7.95. The van der Waals surface area contributed by atoms with Gasteiger partial charge in [-0.2, -0.15) is 0 Å². The van der Waals surface area contributed by atoms with Crippen LogP contribution in [0.4, 0.5) is 0 Å². The van der Waals surface area contributed by atoms with Crippen molar-refractivity contribution in [1.29, 1.82) is 0 Å². The number of rotatable bonds is 7. The van der Waals surface area contributed by atoms with Crippen LogP contribution in [-0.4, -0.2) is 22.9 Å². The number of aromatic carboxylic acids is 1. The molecule has 0 heterocycles. The number of hydrogen-bond donors (Lipinski definition) is 3. The van der Waals surface area contributed by atoms with Gasteiger partial charge in [-0.1, -0.05) is 31.2 Å². The fourth-order valence-electron chi connectivity index (χ4n) is 2.15. The summed E-state index contributed by atoms with van der Waals surface area (Å²) in [5, 5.41) is 14.4. The van der Waals surface area contributed by atoms with Gasteiger partial charge in [-0.05, 0) is 35.4 Å². The normalized spacial score (nSPS) is 10.1. The Hall–Kier alpha value is -3.15. The van der Waals surface area contributed by atoms with E-state index in [0.29, 0.717) is 25.1 Å². The Balaban J connectivity index is 1.88. The summed E-state index contributed by atoms with van der Waals surface area (Å²) in [7, 11) is 0. The van der Waals surface area contributed by atoms with Crippen LogP contribution in [0.2, 0.25) is 0 Å². The van der Waals surface area contributed by atoms with Crippen molar-refractivity contribution in [3.05, 3.63) is 70.8 Å². The van der Waals surface area contributed by atoms with Crippen LogP contribution in [0.5, 0.6) is 0 Å². The quantitative estimate of drug-likeness (QED) is 0.721. The van der Waals surface area contributed by atoms with E-state index in [2.05, 4.69) is 10.6 Å². The van der Waals surface area contributed by atoms with Crippen molar-refractivity contribution in [3.63, 3.8) is 0 Å². The topological polar surface area (TPSA) is 95.5 Å². The molecule has 0 saturated carbocycles. The van der Waals surface area contributed by atoms with Gasteiger partial charge in [0.15, 0.2) is 0 Å². The number of benzene rings is 2. The lowest BCUT2D eigenvalue weighted by molar-refractivity contribution is -0.120. The highest BCUT2D eigenvalue weighted by Gasteiger charge is 2.07. The molecular formula is C19H20N2O4. The third kappa shape index (κ3) is 5.46. The van der Waals surface area contributed by atoms with Gasteiger partial charge in [-0.15, -0.1) is 0 Å². The number of carboxylic acids is 1. The van der Waals surface area contributed by atoms with Gasteiger partial charge in [-0.3, -0.25) is 9.59 Å². The number of nitrogens with one attached hydrogen (secondary N) is 2. The SMILES string of the molecule is CCC(=O)NCc1ccc(C(=O)NCc2ccc(C(=O)O)cc2)cc1. The molecule has 0 aliphatic heterocycles. The largest absolute Gasteiger partial charge is 0.478 e. The first-order chi connectivity index (χ1) is 12.0. The van der Waals surface area contributed by atoms with Gasteiger partial charge in [0.05, 0.1) is 5.56 Å². The van der Waals surface area contributed by atoms with Crippen LogP contribution in [0.3, 0.4) is 0 Å². The number of amides is 2. The lowest BCUT2D eigenvalue weighted by Crippen LogP contribution is -2.23. The van der Waals surface area contributed by atoms with E-state index in [-0.39, 0.29) is 17.4 Å². The van der Waals surface area contributed by atoms with Crippen molar-refractivity contribution in [2.75, 3.05) is 0 Å². The number of hydrogen-bond acceptors (Lipinski definition) is 3. The van der Waals surface area contributed by atoms with Crippen LogP contribution >= 0.6 is 0 Å². The summed E-state index contributed by atoms with van der Waals surface area (Å²) in [6.45, 7) is 2.54. The van der Waals surface area contributed by atoms with Crippen molar-refractivity contribution >= 4 is 17.8 Å². The standard InChI is InChI=1S/C19H20N2O4/c1-2-17(22)20-11-13-3-7-15(8-4-13)18(23)21-12-14-5-9-16(10-6-14)19(24)25/h3-10H,2,11-12H2,1H3,(H,20,22)(H,21,23)(H,24,25). The maximum atomic E-state index is 12.1. The highest BCUT2D eigenvalue weighted by atomic mass is 16.4. The van der Waals surface area contributed by atoms with Gasteiger partial charge in [0.1, 0.15) is 0 Å². The van der Waals surface area contributed by atoms with E-state index in [0.717, 1.165) is 11.1 Å². The van der Waals surface area contributed by atoms with Gasteiger partial charge in [0.25, 0.3) is 5.91 Å². The minimum absolute atomic E-state index is 0.0178. The Kier molecular flexibility index (Phi) is 6.28. The van der Waals surface area contributed by atoms with E-state index in [1.807, 2.05) is 0 Å². The lowest BCUT2D eigenvalue weighted by atomic mass is 10.1. The molecule has 25 heavy (non-hydrogen) atoms. The molecule has 2 aromatic rings. The number of carbonyl (C=O) groups excluding carboxylic acids is 2. The highest BCUT2D eigenvalue weighted by molar-refractivity contribution is 5.94. The monoisotopic (exact) mass is 340 g/mol. The Morgan fingerprint density at radius 3 is 1.76 bits per heavy atom. The van der Waals surface area contributed by atoms with Crippen LogP contribution in [0.25, 0.3) is 0 Å². The highest BCUT2D eigenvalue weighted by Crippen LogP contribution is 2.07. The van der Waals surface area contributed by atoms with Gasteiger partial charge in [0, 0.05) is 25.1 Å². The van der Waals surface area contributed by atoms with Crippen molar-refractivity contribution in [3.8, 4) is 0 Å². The van der Waals surface area contributed by atoms with Crippen molar-refractivity contribution in [2.24, 2.45) is 0 Å². The summed E-state index contributed by atoms with van der Waals surface area (Å²) >= 11 is 0. The zero-order valence-corrected chi connectivity index (χ0v) is 13.9. The molecule has 0 radical (unpaired) electrons. The molecule has 0 aromatic heterocycles. The summed E-state index contributed by atoms with van der Waals surface area (Å²) in [5.41, 5.74) is 2.47. The maximum Gasteiger partial charge on any atom is 0.335 e. The Morgan fingerprint density at radius 1 is 0.800 bits per heavy atom. The second-order valence-electron chi connectivity index (χ2n) is 5.51. The minimum atomic E-state index is -0.981. The molecule has 6 heteroatoms. The number of carbonyl (C=O) groups is 3. The van der Waals surface area contributed by atoms with Crippen LogP contribution in [-0.2, 0) is 17.9 Å². The molecule has 0 atom stereocenters. The molecule has 0 aliphatic carbocycles. The first kappa shape index (κ1) is 18.2. The van der Waals surface area contributed by atoms with Gasteiger partial charge in [-0.25, -0.2) is 4.79 Å². The molecule has 0 fully saturated rings. The number of carboxylic acid groups (broad SMARTS) is 1. The molecule has 6 nitrogen and oxygen atoms in total. The van der Waals surface area contributed by atoms with E-state index >= 15 is 0 Å². The van der Waals surface area contributed by atoms with E-state index in [9.17, 15) is 14.4 Å². The predicted octanol–water partition coefficient (Wildman–Crippen LogP) is 2.34. The summed E-state index contributed by atoms with van der Waals surface area (Å²) in [6, 6.07) is 13.4. The molecule has 0 aliphatic rings. The van der Waals surface area contributed by atoms with Crippen molar-refractivity contribution in [1.82, 2.24) is 10.6 Å². The fourth-order valence-corrected chi connectivity index (χ4v) is 2.15. The van der Waals surface area contributed by atoms with E-state index < -0.39 is 5.97 Å². The summed E-state index contributed by atoms with van der Waals surface area (Å²) in [6.07, 6.45) is 0.438. The minimum Gasteiger partial charge on any atom is -0.478 e. The second kappa shape index (κ2) is 8.63. The van der Waals surface area contributed by atoms with Gasteiger partial charge >= 0.3 is 5.97 Å². The van der Waals surface area contributed by atoms with Gasteiger partial charge in [0.2, 0.25) is 5.91 Å². The van der Waals surface area contributed by atoms with Crippen molar-refractivity contribution < 1.29 is 19.5 Å². The van der Waals surface area contributed by atoms with Gasteiger partial charge < -0.3 is 15.7 Å².